The topological polar surface area (TPSA) is 125 Å². The summed E-state index contributed by atoms with van der Waals surface area (Å²) in [7, 11) is 2.97. The normalized spacial score (nSPS) is 13.3. The summed E-state index contributed by atoms with van der Waals surface area (Å²) >= 11 is 0. The molecule has 0 spiro atoms. The number of anilines is 5. The summed E-state index contributed by atoms with van der Waals surface area (Å²) in [5.74, 6) is -2.50. The minimum Gasteiger partial charge on any atom is -0.494 e. The molecule has 3 aromatic rings. The number of halogens is 6. The monoisotopic (exact) mass is 615 g/mol. The van der Waals surface area contributed by atoms with Crippen molar-refractivity contribution in [3.8, 4) is 5.75 Å². The second kappa shape index (κ2) is 14.0. The van der Waals surface area contributed by atoms with Crippen molar-refractivity contribution < 1.29 is 50.5 Å². The number of hydrogen-bond donors (Lipinski definition) is 4. The highest BCUT2D eigenvalue weighted by Gasteiger charge is 2.38. The maximum atomic E-state index is 13.8. The fraction of sp³-hybridized carbons (Fsp3) is 0.296. The van der Waals surface area contributed by atoms with Crippen LogP contribution in [0.2, 0.25) is 0 Å². The van der Waals surface area contributed by atoms with E-state index in [1.807, 2.05) is 12.1 Å². The number of morpholine rings is 1. The Morgan fingerprint density at radius 2 is 1.60 bits per heavy atom. The van der Waals surface area contributed by atoms with Gasteiger partial charge in [-0.25, -0.2) is 9.78 Å². The van der Waals surface area contributed by atoms with Crippen LogP contribution in [0.15, 0.2) is 54.7 Å². The molecule has 1 saturated heterocycles. The van der Waals surface area contributed by atoms with Crippen molar-refractivity contribution in [1.82, 2.24) is 10.3 Å². The number of ether oxygens (including phenoxy) is 2. The average Bonchev–Trinajstić information content (AvgIpc) is 2.97. The van der Waals surface area contributed by atoms with Crippen LogP contribution in [0.5, 0.6) is 5.75 Å². The molecule has 0 aliphatic carbocycles. The summed E-state index contributed by atoms with van der Waals surface area (Å²) in [6.45, 7) is 2.78. The molecular weight excluding hydrogens is 588 g/mol. The number of carboxylic acids is 1. The predicted octanol–water partition coefficient (Wildman–Crippen LogP) is 5.43. The van der Waals surface area contributed by atoms with Gasteiger partial charge in [0.15, 0.2) is 0 Å². The van der Waals surface area contributed by atoms with Gasteiger partial charge in [0.05, 0.1) is 48.5 Å². The van der Waals surface area contributed by atoms with Crippen molar-refractivity contribution in [1.29, 1.82) is 0 Å². The molecule has 1 aliphatic rings. The molecule has 0 saturated carbocycles. The summed E-state index contributed by atoms with van der Waals surface area (Å²) in [5.41, 5.74) is 0.717. The molecule has 232 valence electrons. The van der Waals surface area contributed by atoms with Crippen molar-refractivity contribution in [2.45, 2.75) is 12.4 Å². The van der Waals surface area contributed by atoms with Gasteiger partial charge in [-0.1, -0.05) is 12.1 Å². The van der Waals surface area contributed by atoms with Crippen LogP contribution >= 0.6 is 0 Å². The quantitative estimate of drug-likeness (QED) is 0.258. The zero-order chi connectivity index (χ0) is 31.8. The number of alkyl halides is 6. The lowest BCUT2D eigenvalue weighted by atomic mass is 10.1. The number of carbonyl (C=O) groups excluding carboxylic acids is 1. The molecule has 43 heavy (non-hydrogen) atoms. The zero-order valence-corrected chi connectivity index (χ0v) is 22.8. The third-order valence-electron chi connectivity index (χ3n) is 5.94. The lowest BCUT2D eigenvalue weighted by Crippen LogP contribution is -2.36. The summed E-state index contributed by atoms with van der Waals surface area (Å²) < 4.78 is 83.9. The van der Waals surface area contributed by atoms with Gasteiger partial charge in [0.25, 0.3) is 5.91 Å². The molecule has 0 atom stereocenters. The van der Waals surface area contributed by atoms with Gasteiger partial charge in [-0.2, -0.15) is 26.3 Å². The molecule has 1 aromatic heterocycles. The molecule has 0 radical (unpaired) electrons. The van der Waals surface area contributed by atoms with E-state index < -0.39 is 29.8 Å². The number of benzene rings is 2. The Balaban J connectivity index is 0.000000646. The van der Waals surface area contributed by atoms with Crippen LogP contribution in [0.4, 0.5) is 54.9 Å². The number of carbonyl (C=O) groups is 2. The summed E-state index contributed by atoms with van der Waals surface area (Å²) in [6, 6.07) is 13.1. The fourth-order valence-electron chi connectivity index (χ4n) is 3.86. The van der Waals surface area contributed by atoms with Gasteiger partial charge in [-0.15, -0.1) is 0 Å². The van der Waals surface area contributed by atoms with Crippen LogP contribution < -0.4 is 25.6 Å². The number of para-hydroxylation sites is 1. The summed E-state index contributed by atoms with van der Waals surface area (Å²) in [4.78, 5) is 27.2. The van der Waals surface area contributed by atoms with Gasteiger partial charge >= 0.3 is 18.3 Å². The largest absolute Gasteiger partial charge is 0.494 e. The van der Waals surface area contributed by atoms with Gasteiger partial charge in [0.2, 0.25) is 0 Å². The second-order valence-electron chi connectivity index (χ2n) is 8.77. The third-order valence-corrected chi connectivity index (χ3v) is 5.94. The number of methoxy groups -OCH3 is 1. The maximum Gasteiger partial charge on any atom is 0.490 e. The molecule has 16 heteroatoms. The standard InChI is InChI=1S/C25H26F3N5O3.C2HF3O2/c1-29-24(34)17-5-3-4-6-19(17)31-21-14-23(30-15-18(21)25(26,27)28)32-20-8-7-16(13-22(20)35-2)33-9-11-36-12-10-33;3-2(4,5)1(6)7/h3-8,13-15H,9-12H2,1-2H3,(H,29,34)(H2,30,31,32);(H,6,7). The smallest absolute Gasteiger partial charge is 0.490 e. The van der Waals surface area contributed by atoms with Crippen LogP contribution in [0.1, 0.15) is 15.9 Å². The maximum absolute atomic E-state index is 13.8. The Kier molecular flexibility index (Phi) is 10.6. The lowest BCUT2D eigenvalue weighted by molar-refractivity contribution is -0.192. The number of carboxylic acid groups (broad SMARTS) is 1. The van der Waals surface area contributed by atoms with E-state index >= 15 is 0 Å². The third kappa shape index (κ3) is 8.88. The number of rotatable bonds is 7. The average molecular weight is 616 g/mol. The van der Waals surface area contributed by atoms with E-state index in [4.69, 9.17) is 19.4 Å². The van der Waals surface area contributed by atoms with Gasteiger partial charge in [0.1, 0.15) is 11.6 Å². The van der Waals surface area contributed by atoms with Crippen LogP contribution in [0, 0.1) is 0 Å². The van der Waals surface area contributed by atoms with Crippen molar-refractivity contribution in [3.05, 3.63) is 65.9 Å². The number of nitrogens with one attached hydrogen (secondary N) is 3. The first kappa shape index (κ1) is 32.8. The Bertz CT molecular complexity index is 1430. The van der Waals surface area contributed by atoms with Crippen molar-refractivity contribution in [2.24, 2.45) is 0 Å². The molecule has 1 amide bonds. The Morgan fingerprint density at radius 1 is 0.953 bits per heavy atom. The first-order chi connectivity index (χ1) is 20.2. The fourth-order valence-corrected chi connectivity index (χ4v) is 3.86. The van der Waals surface area contributed by atoms with Gasteiger partial charge in [-0.05, 0) is 24.3 Å². The number of amides is 1. The van der Waals surface area contributed by atoms with E-state index in [-0.39, 0.29) is 22.8 Å². The Labute approximate surface area is 241 Å². The Hall–Kier alpha value is -4.73. The molecule has 0 bridgehead atoms. The zero-order valence-electron chi connectivity index (χ0n) is 22.8. The van der Waals surface area contributed by atoms with E-state index in [9.17, 15) is 31.1 Å². The van der Waals surface area contributed by atoms with Crippen molar-refractivity contribution in [2.75, 3.05) is 56.0 Å². The van der Waals surface area contributed by atoms with Crippen molar-refractivity contribution in [3.63, 3.8) is 0 Å². The highest BCUT2D eigenvalue weighted by molar-refractivity contribution is 6.00. The molecular formula is C27H27F6N5O5. The minimum atomic E-state index is -5.08. The van der Waals surface area contributed by atoms with Crippen LogP contribution in [-0.4, -0.2) is 68.6 Å². The van der Waals surface area contributed by atoms with E-state index in [2.05, 4.69) is 25.8 Å². The lowest BCUT2D eigenvalue weighted by Gasteiger charge is -2.29. The highest BCUT2D eigenvalue weighted by Crippen LogP contribution is 2.39. The molecule has 1 fully saturated rings. The van der Waals surface area contributed by atoms with Crippen LogP contribution in [0.3, 0.4) is 0 Å². The van der Waals surface area contributed by atoms with E-state index in [1.54, 1.807) is 18.2 Å². The SMILES string of the molecule is CNC(=O)c1ccccc1Nc1cc(Nc2ccc(N3CCOCC3)cc2OC)ncc1C(F)(F)F.O=C(O)C(F)(F)F. The molecule has 2 heterocycles. The number of aliphatic carboxylic acids is 1. The summed E-state index contributed by atoms with van der Waals surface area (Å²) in [5, 5.41) is 15.4. The number of nitrogens with zero attached hydrogens (tertiary/aromatic N) is 2. The number of pyridine rings is 1. The first-order valence-electron chi connectivity index (χ1n) is 12.5. The molecule has 0 unspecified atom stereocenters. The molecule has 2 aromatic carbocycles. The minimum absolute atomic E-state index is 0.167. The van der Waals surface area contributed by atoms with Gasteiger partial charge < -0.3 is 35.4 Å². The van der Waals surface area contributed by atoms with E-state index in [0.717, 1.165) is 25.0 Å². The van der Waals surface area contributed by atoms with E-state index in [1.165, 1.54) is 32.4 Å². The Morgan fingerprint density at radius 3 is 2.19 bits per heavy atom. The van der Waals surface area contributed by atoms with Crippen LogP contribution in [-0.2, 0) is 15.7 Å². The number of aromatic nitrogens is 1. The van der Waals surface area contributed by atoms with Crippen LogP contribution in [0.25, 0.3) is 0 Å². The first-order valence-corrected chi connectivity index (χ1v) is 12.5. The van der Waals surface area contributed by atoms with Gasteiger partial charge in [-0.3, -0.25) is 4.79 Å². The highest BCUT2D eigenvalue weighted by atomic mass is 19.4. The molecule has 4 N–H and O–H groups in total. The summed E-state index contributed by atoms with van der Waals surface area (Å²) in [6.07, 6.45) is -8.99. The molecule has 4 rings (SSSR count). The van der Waals surface area contributed by atoms with Gasteiger partial charge in [0, 0.05) is 44.2 Å². The number of hydrogen-bond acceptors (Lipinski definition) is 8. The van der Waals surface area contributed by atoms with Crippen molar-refractivity contribution >= 4 is 40.4 Å². The van der Waals surface area contributed by atoms with E-state index in [0.29, 0.717) is 24.7 Å². The molecule has 1 aliphatic heterocycles. The molecule has 10 nitrogen and oxygen atoms in total. The second-order valence-corrected chi connectivity index (χ2v) is 8.77. The predicted molar refractivity (Wildman–Crippen MR) is 145 cm³/mol.